The first kappa shape index (κ1) is 18.1. The molecule has 136 valence electrons. The minimum absolute atomic E-state index is 0.0836. The van der Waals surface area contributed by atoms with Crippen molar-refractivity contribution in [2.75, 3.05) is 26.2 Å². The lowest BCUT2D eigenvalue weighted by Crippen LogP contribution is -2.35. The van der Waals surface area contributed by atoms with Crippen LogP contribution in [-0.2, 0) is 6.54 Å². The molecule has 0 unspecified atom stereocenters. The lowest BCUT2D eigenvalue weighted by molar-refractivity contribution is 0.0695. The molecule has 26 heavy (non-hydrogen) atoms. The minimum Gasteiger partial charge on any atom is -0.478 e. The summed E-state index contributed by atoms with van der Waals surface area (Å²) in [4.78, 5) is 27.7. The van der Waals surface area contributed by atoms with Crippen molar-refractivity contribution in [3.05, 3.63) is 71.0 Å². The van der Waals surface area contributed by atoms with E-state index in [0.717, 1.165) is 18.5 Å². The smallest absolute Gasteiger partial charge is 0.335 e. The maximum atomic E-state index is 13.0. The Morgan fingerprint density at radius 2 is 1.73 bits per heavy atom. The average molecular weight is 356 g/mol. The SMILES string of the molecule is O=C(O)c1cccc(CN2CCCN(C(=O)c3ccc(F)cc3)CC2)c1. The number of amides is 1. The summed E-state index contributed by atoms with van der Waals surface area (Å²) in [5, 5.41) is 9.10. The van der Waals surface area contributed by atoms with Gasteiger partial charge in [0.1, 0.15) is 5.82 Å². The van der Waals surface area contributed by atoms with Gasteiger partial charge in [0.15, 0.2) is 0 Å². The monoisotopic (exact) mass is 356 g/mol. The van der Waals surface area contributed by atoms with Crippen LogP contribution in [0.5, 0.6) is 0 Å². The highest BCUT2D eigenvalue weighted by Gasteiger charge is 2.20. The molecule has 1 aliphatic heterocycles. The standard InChI is InChI=1S/C20H21FN2O3/c21-18-7-5-16(6-8-18)19(24)23-10-2-9-22(11-12-23)14-15-3-1-4-17(13-15)20(25)26/h1,3-8,13H,2,9-12,14H2,(H,25,26). The Morgan fingerprint density at radius 3 is 2.46 bits per heavy atom. The van der Waals surface area contributed by atoms with Crippen molar-refractivity contribution in [1.82, 2.24) is 9.80 Å². The number of halogens is 1. The Hall–Kier alpha value is -2.73. The van der Waals surface area contributed by atoms with Gasteiger partial charge in [-0.2, -0.15) is 0 Å². The van der Waals surface area contributed by atoms with Gasteiger partial charge in [-0.05, 0) is 48.4 Å². The van der Waals surface area contributed by atoms with Crippen LogP contribution in [0.3, 0.4) is 0 Å². The van der Waals surface area contributed by atoms with Gasteiger partial charge in [-0.25, -0.2) is 9.18 Å². The summed E-state index contributed by atoms with van der Waals surface area (Å²) in [6, 6.07) is 12.6. The molecular weight excluding hydrogens is 335 g/mol. The number of hydrogen-bond acceptors (Lipinski definition) is 3. The third-order valence-electron chi connectivity index (χ3n) is 4.55. The van der Waals surface area contributed by atoms with E-state index in [0.29, 0.717) is 31.7 Å². The lowest BCUT2D eigenvalue weighted by atomic mass is 10.1. The summed E-state index contributed by atoms with van der Waals surface area (Å²) in [6.45, 7) is 3.45. The second kappa shape index (κ2) is 8.10. The third-order valence-corrected chi connectivity index (χ3v) is 4.55. The predicted molar refractivity (Wildman–Crippen MR) is 95.6 cm³/mol. The summed E-state index contributed by atoms with van der Waals surface area (Å²) in [7, 11) is 0. The molecule has 1 fully saturated rings. The number of benzene rings is 2. The molecule has 0 atom stereocenters. The van der Waals surface area contributed by atoms with Crippen molar-refractivity contribution in [2.24, 2.45) is 0 Å². The molecule has 0 bridgehead atoms. The number of aromatic carboxylic acids is 1. The fourth-order valence-corrected chi connectivity index (χ4v) is 3.17. The molecule has 6 heteroatoms. The Labute approximate surface area is 151 Å². The number of hydrogen-bond donors (Lipinski definition) is 1. The zero-order valence-corrected chi connectivity index (χ0v) is 14.4. The van der Waals surface area contributed by atoms with Gasteiger partial charge >= 0.3 is 5.97 Å². The molecule has 1 aliphatic rings. The molecule has 0 radical (unpaired) electrons. The third kappa shape index (κ3) is 4.46. The minimum atomic E-state index is -0.932. The highest BCUT2D eigenvalue weighted by atomic mass is 19.1. The van der Waals surface area contributed by atoms with Crippen LogP contribution in [0.4, 0.5) is 4.39 Å². The Bertz CT molecular complexity index is 792. The number of nitrogens with zero attached hydrogens (tertiary/aromatic N) is 2. The number of carboxylic acid groups (broad SMARTS) is 1. The number of rotatable bonds is 4. The quantitative estimate of drug-likeness (QED) is 0.915. The van der Waals surface area contributed by atoms with E-state index in [-0.39, 0.29) is 17.3 Å². The molecule has 0 saturated carbocycles. The fourth-order valence-electron chi connectivity index (χ4n) is 3.17. The molecule has 3 rings (SSSR count). The molecule has 0 spiro atoms. The summed E-state index contributed by atoms with van der Waals surface area (Å²) < 4.78 is 13.0. The van der Waals surface area contributed by atoms with Crippen LogP contribution in [0, 0.1) is 5.82 Å². The van der Waals surface area contributed by atoms with Gasteiger partial charge in [0.25, 0.3) is 5.91 Å². The average Bonchev–Trinajstić information content (AvgIpc) is 2.87. The number of carboxylic acids is 1. The van der Waals surface area contributed by atoms with Crippen LogP contribution in [-0.4, -0.2) is 53.0 Å². The molecule has 1 saturated heterocycles. The molecule has 2 aromatic rings. The first-order valence-electron chi connectivity index (χ1n) is 8.62. The lowest BCUT2D eigenvalue weighted by Gasteiger charge is -2.22. The second-order valence-electron chi connectivity index (χ2n) is 6.43. The Kier molecular flexibility index (Phi) is 5.63. The van der Waals surface area contributed by atoms with Crippen molar-refractivity contribution in [3.8, 4) is 0 Å². The van der Waals surface area contributed by atoms with E-state index in [1.165, 1.54) is 24.3 Å². The van der Waals surface area contributed by atoms with E-state index in [2.05, 4.69) is 4.90 Å². The van der Waals surface area contributed by atoms with E-state index < -0.39 is 5.97 Å². The molecule has 0 aliphatic carbocycles. The van der Waals surface area contributed by atoms with Gasteiger partial charge in [-0.3, -0.25) is 9.69 Å². The molecule has 2 aromatic carbocycles. The summed E-state index contributed by atoms with van der Waals surface area (Å²) >= 11 is 0. The first-order valence-corrected chi connectivity index (χ1v) is 8.62. The molecular formula is C20H21FN2O3. The first-order chi connectivity index (χ1) is 12.5. The van der Waals surface area contributed by atoms with Crippen LogP contribution in [0.15, 0.2) is 48.5 Å². The van der Waals surface area contributed by atoms with Crippen LogP contribution in [0.1, 0.15) is 32.7 Å². The zero-order chi connectivity index (χ0) is 18.5. The molecule has 1 amide bonds. The van der Waals surface area contributed by atoms with Crippen molar-refractivity contribution in [1.29, 1.82) is 0 Å². The van der Waals surface area contributed by atoms with Crippen molar-refractivity contribution < 1.29 is 19.1 Å². The molecule has 0 aromatic heterocycles. The van der Waals surface area contributed by atoms with Gasteiger partial charge < -0.3 is 10.0 Å². The summed E-state index contributed by atoms with van der Waals surface area (Å²) in [5.41, 5.74) is 1.72. The van der Waals surface area contributed by atoms with Gasteiger partial charge in [-0.1, -0.05) is 12.1 Å². The highest BCUT2D eigenvalue weighted by Crippen LogP contribution is 2.13. The van der Waals surface area contributed by atoms with Crippen LogP contribution >= 0.6 is 0 Å². The van der Waals surface area contributed by atoms with E-state index in [1.54, 1.807) is 23.1 Å². The van der Waals surface area contributed by atoms with Crippen LogP contribution in [0.2, 0.25) is 0 Å². The largest absolute Gasteiger partial charge is 0.478 e. The second-order valence-corrected chi connectivity index (χ2v) is 6.43. The van der Waals surface area contributed by atoms with Gasteiger partial charge in [0, 0.05) is 38.3 Å². The van der Waals surface area contributed by atoms with Crippen LogP contribution in [0.25, 0.3) is 0 Å². The maximum absolute atomic E-state index is 13.0. The number of carbonyl (C=O) groups is 2. The van der Waals surface area contributed by atoms with Gasteiger partial charge in [-0.15, -0.1) is 0 Å². The molecule has 1 N–H and O–H groups in total. The maximum Gasteiger partial charge on any atom is 0.335 e. The van der Waals surface area contributed by atoms with Crippen LogP contribution < -0.4 is 0 Å². The van der Waals surface area contributed by atoms with Gasteiger partial charge in [0.2, 0.25) is 0 Å². The van der Waals surface area contributed by atoms with E-state index in [9.17, 15) is 14.0 Å². The predicted octanol–water partition coefficient (Wildman–Crippen LogP) is 2.87. The summed E-state index contributed by atoms with van der Waals surface area (Å²) in [6.07, 6.45) is 0.839. The Balaban J connectivity index is 1.61. The van der Waals surface area contributed by atoms with Gasteiger partial charge in [0.05, 0.1) is 5.56 Å². The normalized spacial score (nSPS) is 15.5. The van der Waals surface area contributed by atoms with Crippen molar-refractivity contribution in [3.63, 3.8) is 0 Å². The topological polar surface area (TPSA) is 60.9 Å². The fraction of sp³-hybridized carbons (Fsp3) is 0.300. The van der Waals surface area contributed by atoms with E-state index in [1.807, 2.05) is 6.07 Å². The molecule has 1 heterocycles. The van der Waals surface area contributed by atoms with E-state index in [4.69, 9.17) is 5.11 Å². The van der Waals surface area contributed by atoms with Crippen molar-refractivity contribution in [2.45, 2.75) is 13.0 Å². The van der Waals surface area contributed by atoms with Crippen molar-refractivity contribution >= 4 is 11.9 Å². The highest BCUT2D eigenvalue weighted by molar-refractivity contribution is 5.94. The molecule has 5 nitrogen and oxygen atoms in total. The zero-order valence-electron chi connectivity index (χ0n) is 14.4. The van der Waals surface area contributed by atoms with E-state index >= 15 is 0 Å². The number of carbonyl (C=O) groups excluding carboxylic acids is 1. The summed E-state index contributed by atoms with van der Waals surface area (Å²) in [5.74, 6) is -1.37. The Morgan fingerprint density at radius 1 is 0.962 bits per heavy atom.